The molecular formula is C6H10O4S3. The molecule has 0 radical (unpaired) electrons. The van der Waals surface area contributed by atoms with Crippen molar-refractivity contribution in [3.05, 3.63) is 0 Å². The number of aliphatic carboxylic acids is 2. The Morgan fingerprint density at radius 1 is 0.846 bits per heavy atom. The van der Waals surface area contributed by atoms with Crippen LogP contribution >= 0.6 is 35.3 Å². The second-order valence-electron chi connectivity index (χ2n) is 1.92. The van der Waals surface area contributed by atoms with Gasteiger partial charge in [0.1, 0.15) is 0 Å². The van der Waals surface area contributed by atoms with Crippen molar-refractivity contribution in [1.82, 2.24) is 0 Å². The van der Waals surface area contributed by atoms with Gasteiger partial charge in [-0.2, -0.15) is 0 Å². The number of hydrogen-bond donors (Lipinski definition) is 2. The van der Waals surface area contributed by atoms with Crippen molar-refractivity contribution in [1.29, 1.82) is 0 Å². The molecule has 0 aliphatic heterocycles. The Hall–Kier alpha value is -0.0100. The molecule has 0 saturated heterocycles. The van der Waals surface area contributed by atoms with Crippen LogP contribution in [0.5, 0.6) is 0 Å². The smallest absolute Gasteiger partial charge is 0.313 e. The van der Waals surface area contributed by atoms with Crippen LogP contribution in [0.15, 0.2) is 0 Å². The van der Waals surface area contributed by atoms with E-state index < -0.39 is 11.9 Å². The normalized spacial score (nSPS) is 9.85. The van der Waals surface area contributed by atoms with Gasteiger partial charge in [-0.15, -0.1) is 35.3 Å². The van der Waals surface area contributed by atoms with Crippen molar-refractivity contribution in [3.63, 3.8) is 0 Å². The summed E-state index contributed by atoms with van der Waals surface area (Å²) in [6.45, 7) is 0. The molecule has 0 aliphatic rings. The molecule has 0 aliphatic carbocycles. The number of rotatable bonds is 8. The van der Waals surface area contributed by atoms with Gasteiger partial charge in [0.05, 0.1) is 11.5 Å². The average molecular weight is 242 g/mol. The van der Waals surface area contributed by atoms with Crippen molar-refractivity contribution in [2.45, 2.75) is 0 Å². The molecule has 0 amide bonds. The monoisotopic (exact) mass is 242 g/mol. The fourth-order valence-electron chi connectivity index (χ4n) is 0.410. The van der Waals surface area contributed by atoms with E-state index in [1.54, 1.807) is 0 Å². The first-order chi connectivity index (χ1) is 6.13. The molecule has 4 nitrogen and oxygen atoms in total. The molecule has 0 aromatic rings. The molecule has 0 aromatic carbocycles. The predicted octanol–water partition coefficient (Wildman–Crippen LogP) is 1.27. The molecule has 0 saturated carbocycles. The van der Waals surface area contributed by atoms with E-state index in [0.29, 0.717) is 10.2 Å². The first kappa shape index (κ1) is 13.0. The van der Waals surface area contributed by atoms with E-state index in [0.717, 1.165) is 0 Å². The van der Waals surface area contributed by atoms with E-state index >= 15 is 0 Å². The molecule has 7 heteroatoms. The fraction of sp³-hybridized carbons (Fsp3) is 0.667. The van der Waals surface area contributed by atoms with Gasteiger partial charge in [0.15, 0.2) is 0 Å². The summed E-state index contributed by atoms with van der Waals surface area (Å²) in [6, 6.07) is 0. The molecule has 0 bridgehead atoms. The maximum atomic E-state index is 10.1. The van der Waals surface area contributed by atoms with Gasteiger partial charge in [-0.1, -0.05) is 0 Å². The molecule has 0 rings (SSSR count). The molecule has 0 unspecified atom stereocenters. The zero-order valence-corrected chi connectivity index (χ0v) is 9.21. The molecule has 2 N–H and O–H groups in total. The lowest BCUT2D eigenvalue weighted by Gasteiger charge is -1.98. The maximum absolute atomic E-state index is 10.1. The summed E-state index contributed by atoms with van der Waals surface area (Å²) in [5.74, 6) is -1.42. The lowest BCUT2D eigenvalue weighted by molar-refractivity contribution is -0.134. The molecule has 76 valence electrons. The van der Waals surface area contributed by atoms with Crippen molar-refractivity contribution >= 4 is 47.2 Å². The van der Waals surface area contributed by atoms with E-state index in [1.165, 1.54) is 35.3 Å². The Bertz CT molecular complexity index is 155. The van der Waals surface area contributed by atoms with E-state index in [1.807, 2.05) is 0 Å². The standard InChI is InChI=1S/C6H10O4S3/c7-5(8)1-11-3-13-4-12-2-6(9)10/h1-4H2,(H,7,8)(H,9,10). The number of hydrogen-bond acceptors (Lipinski definition) is 5. The lowest BCUT2D eigenvalue weighted by Crippen LogP contribution is -1.99. The minimum atomic E-state index is -0.816. The third kappa shape index (κ3) is 12.0. The highest BCUT2D eigenvalue weighted by atomic mass is 32.2. The van der Waals surface area contributed by atoms with Crippen LogP contribution in [0.4, 0.5) is 0 Å². The van der Waals surface area contributed by atoms with E-state index in [2.05, 4.69) is 0 Å². The fourth-order valence-corrected chi connectivity index (χ4v) is 3.25. The third-order valence-corrected chi connectivity index (χ3v) is 4.35. The molecular weight excluding hydrogens is 232 g/mol. The van der Waals surface area contributed by atoms with Gasteiger partial charge < -0.3 is 10.2 Å². The van der Waals surface area contributed by atoms with Crippen LogP contribution in [0.2, 0.25) is 0 Å². The maximum Gasteiger partial charge on any atom is 0.313 e. The average Bonchev–Trinajstić information content (AvgIpc) is 2.01. The summed E-state index contributed by atoms with van der Waals surface area (Å²) in [5, 5.41) is 17.9. The quantitative estimate of drug-likeness (QED) is 0.490. The Balaban J connectivity index is 3.00. The molecule has 13 heavy (non-hydrogen) atoms. The van der Waals surface area contributed by atoms with Gasteiger partial charge in [-0.3, -0.25) is 9.59 Å². The topological polar surface area (TPSA) is 74.6 Å². The molecule has 0 heterocycles. The number of carbonyl (C=O) groups is 2. The van der Waals surface area contributed by atoms with Gasteiger partial charge >= 0.3 is 11.9 Å². The Morgan fingerprint density at radius 2 is 1.23 bits per heavy atom. The second-order valence-corrected chi connectivity index (χ2v) is 5.61. The van der Waals surface area contributed by atoms with Gasteiger partial charge in [0.2, 0.25) is 0 Å². The van der Waals surface area contributed by atoms with E-state index in [9.17, 15) is 9.59 Å². The summed E-state index contributed by atoms with van der Waals surface area (Å²) in [7, 11) is 0. The summed E-state index contributed by atoms with van der Waals surface area (Å²) >= 11 is 4.18. The third-order valence-electron chi connectivity index (χ3n) is 0.784. The first-order valence-corrected chi connectivity index (χ1v) is 6.76. The van der Waals surface area contributed by atoms with Crippen molar-refractivity contribution in [2.75, 3.05) is 21.7 Å². The number of carboxylic acid groups (broad SMARTS) is 2. The van der Waals surface area contributed by atoms with Crippen LogP contribution in [0, 0.1) is 0 Å². The largest absolute Gasteiger partial charge is 0.481 e. The van der Waals surface area contributed by atoms with Crippen LogP contribution in [0.1, 0.15) is 0 Å². The summed E-state index contributed by atoms with van der Waals surface area (Å²) in [5.41, 5.74) is 0. The number of thioether (sulfide) groups is 3. The van der Waals surface area contributed by atoms with Crippen LogP contribution in [-0.2, 0) is 9.59 Å². The van der Waals surface area contributed by atoms with Gasteiger partial charge in [-0.25, -0.2) is 0 Å². The predicted molar refractivity (Wildman–Crippen MR) is 57.5 cm³/mol. The van der Waals surface area contributed by atoms with E-state index in [-0.39, 0.29) is 11.5 Å². The Kier molecular flexibility index (Phi) is 8.58. The highest BCUT2D eigenvalue weighted by Gasteiger charge is 1.98. The summed E-state index contributed by atoms with van der Waals surface area (Å²) < 4.78 is 0. The zero-order valence-electron chi connectivity index (χ0n) is 6.76. The van der Waals surface area contributed by atoms with Crippen LogP contribution in [0.3, 0.4) is 0 Å². The van der Waals surface area contributed by atoms with Crippen LogP contribution < -0.4 is 0 Å². The highest BCUT2D eigenvalue weighted by Crippen LogP contribution is 2.17. The molecule has 0 atom stereocenters. The van der Waals surface area contributed by atoms with Crippen LogP contribution in [-0.4, -0.2) is 43.8 Å². The van der Waals surface area contributed by atoms with Crippen molar-refractivity contribution < 1.29 is 19.8 Å². The Labute approximate surface area is 88.8 Å². The zero-order chi connectivity index (χ0) is 10.1. The van der Waals surface area contributed by atoms with Gasteiger partial charge in [0.25, 0.3) is 0 Å². The SMILES string of the molecule is O=C(O)CSCSCSCC(=O)O. The second kappa shape index (κ2) is 8.58. The lowest BCUT2D eigenvalue weighted by atomic mass is 10.8. The number of carboxylic acids is 2. The minimum Gasteiger partial charge on any atom is -0.481 e. The molecule has 0 fully saturated rings. The molecule has 0 spiro atoms. The minimum absolute atomic E-state index is 0.108. The van der Waals surface area contributed by atoms with Crippen LogP contribution in [0.25, 0.3) is 0 Å². The van der Waals surface area contributed by atoms with E-state index in [4.69, 9.17) is 10.2 Å². The van der Waals surface area contributed by atoms with Gasteiger partial charge in [0, 0.05) is 10.2 Å². The molecule has 0 aromatic heterocycles. The first-order valence-electron chi connectivity index (χ1n) is 3.29. The van der Waals surface area contributed by atoms with Crippen molar-refractivity contribution in [3.8, 4) is 0 Å². The highest BCUT2D eigenvalue weighted by molar-refractivity contribution is 8.22. The van der Waals surface area contributed by atoms with Gasteiger partial charge in [-0.05, 0) is 0 Å². The summed E-state index contributed by atoms with van der Waals surface area (Å²) in [6.07, 6.45) is 0. The Morgan fingerprint density at radius 3 is 1.54 bits per heavy atom. The summed E-state index contributed by atoms with van der Waals surface area (Å²) in [4.78, 5) is 20.1. The van der Waals surface area contributed by atoms with Crippen molar-refractivity contribution in [2.24, 2.45) is 0 Å².